The van der Waals surface area contributed by atoms with Crippen LogP contribution in [0.4, 0.5) is 4.39 Å². The van der Waals surface area contributed by atoms with E-state index in [4.69, 9.17) is 11.6 Å². The fraction of sp³-hybridized carbons (Fsp3) is 0.231. The van der Waals surface area contributed by atoms with Crippen molar-refractivity contribution in [3.05, 3.63) is 83.3 Å². The molecule has 1 aliphatic rings. The highest BCUT2D eigenvalue weighted by molar-refractivity contribution is 7.99. The van der Waals surface area contributed by atoms with Gasteiger partial charge in [0.25, 0.3) is 0 Å². The minimum absolute atomic E-state index is 0.00614. The van der Waals surface area contributed by atoms with Crippen molar-refractivity contribution in [3.8, 4) is 11.3 Å². The fourth-order valence-electron chi connectivity index (χ4n) is 4.57. The van der Waals surface area contributed by atoms with Gasteiger partial charge in [0, 0.05) is 56.9 Å². The minimum atomic E-state index is -0.363. The van der Waals surface area contributed by atoms with Crippen LogP contribution >= 0.6 is 34.7 Å². The molecule has 1 unspecified atom stereocenters. The molecule has 0 bridgehead atoms. The number of thiophene rings is 1. The van der Waals surface area contributed by atoms with E-state index in [1.54, 1.807) is 6.07 Å². The third kappa shape index (κ3) is 4.22. The zero-order valence-corrected chi connectivity index (χ0v) is 20.7. The zero-order chi connectivity index (χ0) is 23.1. The smallest absolute Gasteiger partial charge is 0.124 e. The lowest BCUT2D eigenvalue weighted by Gasteiger charge is -2.30. The minimum Gasteiger partial charge on any atom is -0.299 e. The number of nitrogens with zero attached hydrogens (tertiary/aromatic N) is 4. The van der Waals surface area contributed by atoms with Gasteiger partial charge >= 0.3 is 0 Å². The Morgan fingerprint density at radius 2 is 1.79 bits per heavy atom. The van der Waals surface area contributed by atoms with Gasteiger partial charge in [0.05, 0.1) is 17.3 Å². The van der Waals surface area contributed by atoms with E-state index >= 15 is 0 Å². The van der Waals surface area contributed by atoms with Crippen LogP contribution in [0.25, 0.3) is 31.4 Å². The average Bonchev–Trinajstić information content (AvgIpc) is 3.48. The predicted molar refractivity (Wildman–Crippen MR) is 142 cm³/mol. The molecular weight excluding hydrogens is 487 g/mol. The van der Waals surface area contributed by atoms with Gasteiger partial charge in [-0.1, -0.05) is 41.1 Å². The molecule has 0 aliphatic carbocycles. The summed E-state index contributed by atoms with van der Waals surface area (Å²) >= 11 is 10.1. The number of benzene rings is 3. The van der Waals surface area contributed by atoms with Gasteiger partial charge < -0.3 is 0 Å². The Morgan fingerprint density at radius 3 is 2.65 bits per heavy atom. The van der Waals surface area contributed by atoms with Gasteiger partial charge in [-0.15, -0.1) is 16.4 Å². The van der Waals surface area contributed by atoms with Crippen LogP contribution in [0.3, 0.4) is 0 Å². The molecule has 6 rings (SSSR count). The second-order valence-electron chi connectivity index (χ2n) is 8.49. The van der Waals surface area contributed by atoms with Crippen molar-refractivity contribution in [1.82, 2.24) is 19.9 Å². The molecule has 5 aromatic rings. The number of rotatable bonds is 5. The van der Waals surface area contributed by atoms with Crippen LogP contribution in [0.5, 0.6) is 0 Å². The highest BCUT2D eigenvalue weighted by Crippen LogP contribution is 2.36. The molecule has 8 heteroatoms. The molecule has 0 N–H and O–H groups in total. The Balaban J connectivity index is 1.42. The Bertz CT molecular complexity index is 1470. The van der Waals surface area contributed by atoms with Crippen molar-refractivity contribution in [2.24, 2.45) is 0 Å². The molecule has 1 fully saturated rings. The third-order valence-corrected chi connectivity index (χ3v) is 8.76. The van der Waals surface area contributed by atoms with Gasteiger partial charge in [0.1, 0.15) is 11.5 Å². The first-order chi connectivity index (χ1) is 16.7. The fourth-order valence-corrected chi connectivity index (χ4v) is 6.90. The van der Waals surface area contributed by atoms with Gasteiger partial charge in [-0.05, 0) is 42.0 Å². The first kappa shape index (κ1) is 22.0. The van der Waals surface area contributed by atoms with Gasteiger partial charge in [-0.25, -0.2) is 9.07 Å². The summed E-state index contributed by atoms with van der Waals surface area (Å²) in [4.78, 5) is 2.50. The molecular formula is C26H22ClFN4S2. The van der Waals surface area contributed by atoms with Crippen LogP contribution in [-0.2, 0) is 0 Å². The van der Waals surface area contributed by atoms with Crippen molar-refractivity contribution in [3.63, 3.8) is 0 Å². The summed E-state index contributed by atoms with van der Waals surface area (Å²) in [7, 11) is 0. The normalized spacial score (nSPS) is 15.8. The van der Waals surface area contributed by atoms with Crippen molar-refractivity contribution >= 4 is 54.9 Å². The highest BCUT2D eigenvalue weighted by Gasteiger charge is 2.23. The first-order valence-corrected chi connectivity index (χ1v) is 13.6. The first-order valence-electron chi connectivity index (χ1n) is 11.2. The standard InChI is InChI=1S/C26H22ClFN4S2/c27-22-14-18(28)6-7-20(22)23-15-32(30-29-23)24(16-31-9-11-33-12-10-31)17-5-8-26-21(13-17)19-3-1-2-4-25(19)34-26/h1-8,13-15,24H,9-12,16H2. The van der Waals surface area contributed by atoms with Crippen LogP contribution in [0.2, 0.25) is 5.02 Å². The van der Waals surface area contributed by atoms with Gasteiger partial charge in [-0.3, -0.25) is 4.90 Å². The molecule has 0 radical (unpaired) electrons. The number of fused-ring (bicyclic) bond motifs is 3. The van der Waals surface area contributed by atoms with Crippen LogP contribution in [0, 0.1) is 5.82 Å². The summed E-state index contributed by atoms with van der Waals surface area (Å²) in [6, 6.07) is 19.7. The van der Waals surface area contributed by atoms with Crippen molar-refractivity contribution in [1.29, 1.82) is 0 Å². The second kappa shape index (κ2) is 9.30. The summed E-state index contributed by atoms with van der Waals surface area (Å²) in [5.41, 5.74) is 2.53. The summed E-state index contributed by atoms with van der Waals surface area (Å²) in [5.74, 6) is 1.93. The number of aromatic nitrogens is 3. The maximum atomic E-state index is 13.6. The highest BCUT2D eigenvalue weighted by atomic mass is 35.5. The second-order valence-corrected chi connectivity index (χ2v) is 11.2. The maximum Gasteiger partial charge on any atom is 0.124 e. The van der Waals surface area contributed by atoms with E-state index in [9.17, 15) is 4.39 Å². The molecule has 0 spiro atoms. The van der Waals surface area contributed by atoms with Crippen LogP contribution in [-0.4, -0.2) is 51.0 Å². The van der Waals surface area contributed by atoms with Gasteiger partial charge in [0.2, 0.25) is 0 Å². The van der Waals surface area contributed by atoms with Crippen molar-refractivity contribution in [2.75, 3.05) is 31.1 Å². The molecule has 1 aliphatic heterocycles. The van der Waals surface area contributed by atoms with E-state index in [1.165, 1.54) is 37.9 Å². The van der Waals surface area contributed by atoms with Crippen molar-refractivity contribution in [2.45, 2.75) is 6.04 Å². The molecule has 4 nitrogen and oxygen atoms in total. The van der Waals surface area contributed by atoms with Gasteiger partial charge in [-0.2, -0.15) is 11.8 Å². The lowest BCUT2D eigenvalue weighted by atomic mass is 10.0. The maximum absolute atomic E-state index is 13.6. The summed E-state index contributed by atoms with van der Waals surface area (Å²) < 4.78 is 18.1. The molecule has 1 atom stereocenters. The zero-order valence-electron chi connectivity index (χ0n) is 18.3. The largest absolute Gasteiger partial charge is 0.299 e. The van der Waals surface area contributed by atoms with Crippen LogP contribution < -0.4 is 0 Å². The van der Waals surface area contributed by atoms with E-state index in [1.807, 2.05) is 34.0 Å². The summed E-state index contributed by atoms with van der Waals surface area (Å²) in [6.45, 7) is 2.99. The summed E-state index contributed by atoms with van der Waals surface area (Å²) in [5, 5.41) is 11.8. The Morgan fingerprint density at radius 1 is 0.971 bits per heavy atom. The number of hydrogen-bond acceptors (Lipinski definition) is 5. The predicted octanol–water partition coefficient (Wildman–Crippen LogP) is 6.74. The van der Waals surface area contributed by atoms with E-state index < -0.39 is 0 Å². The molecule has 34 heavy (non-hydrogen) atoms. The van der Waals surface area contributed by atoms with E-state index in [-0.39, 0.29) is 11.9 Å². The SMILES string of the molecule is Fc1ccc(-c2cn(C(CN3CCSCC3)c3ccc4sc5ccccc5c4c3)nn2)c(Cl)c1. The lowest BCUT2D eigenvalue weighted by Crippen LogP contribution is -2.37. The van der Waals surface area contributed by atoms with Crippen LogP contribution in [0.15, 0.2) is 66.9 Å². The van der Waals surface area contributed by atoms with Crippen molar-refractivity contribution < 1.29 is 4.39 Å². The molecule has 0 amide bonds. The molecule has 172 valence electrons. The van der Waals surface area contributed by atoms with Gasteiger partial charge in [0.15, 0.2) is 0 Å². The van der Waals surface area contributed by atoms with E-state index in [2.05, 4.69) is 57.7 Å². The van der Waals surface area contributed by atoms with E-state index in [0.717, 1.165) is 31.1 Å². The monoisotopic (exact) mass is 508 g/mol. The number of hydrogen-bond donors (Lipinski definition) is 0. The summed E-state index contributed by atoms with van der Waals surface area (Å²) in [6.07, 6.45) is 1.93. The Kier molecular flexibility index (Phi) is 6.03. The molecule has 1 saturated heterocycles. The Hall–Kier alpha value is -2.45. The molecule has 2 aromatic heterocycles. The molecule has 3 heterocycles. The third-order valence-electron chi connectivity index (χ3n) is 6.36. The number of thioether (sulfide) groups is 1. The average molecular weight is 509 g/mol. The van der Waals surface area contributed by atoms with Crippen LogP contribution in [0.1, 0.15) is 11.6 Å². The Labute approximate surface area is 210 Å². The quantitative estimate of drug-likeness (QED) is 0.263. The lowest BCUT2D eigenvalue weighted by molar-refractivity contribution is 0.260. The number of halogens is 2. The molecule has 3 aromatic carbocycles. The molecule has 0 saturated carbocycles. The van der Waals surface area contributed by atoms with E-state index in [0.29, 0.717) is 16.3 Å². The topological polar surface area (TPSA) is 34.0 Å².